The predicted molar refractivity (Wildman–Crippen MR) is 54.0 cm³/mol. The molecule has 0 saturated carbocycles. The van der Waals surface area contributed by atoms with Gasteiger partial charge in [-0.25, -0.2) is 0 Å². The summed E-state index contributed by atoms with van der Waals surface area (Å²) in [4.78, 5) is 0. The molecule has 1 rings (SSSR count). The first kappa shape index (κ1) is 13.8. The minimum atomic E-state index is -0.000000000000000222. The summed E-state index contributed by atoms with van der Waals surface area (Å²) in [5.74, 6) is 0. The minimum absolute atomic E-state index is 0.000000000000000222. The van der Waals surface area contributed by atoms with Crippen LogP contribution in [0.1, 0.15) is 33.6 Å². The molecule has 0 aromatic carbocycles. The standard InChI is InChI=1S/C6H12O2.C4H10O2/c1-4-5(2)8-6(3)7-4;5-3-1-2-4-6/h4-6H,1-3H3;5-6H,1-4H2. The molecule has 0 radical (unpaired) electrons. The first-order chi connectivity index (χ1) is 6.61. The molecule has 0 aromatic rings. The summed E-state index contributed by atoms with van der Waals surface area (Å²) in [6.45, 7) is 6.35. The van der Waals surface area contributed by atoms with Crippen molar-refractivity contribution in [1.82, 2.24) is 0 Å². The molecule has 1 aliphatic heterocycles. The molecule has 14 heavy (non-hydrogen) atoms. The molecule has 2 unspecified atom stereocenters. The Kier molecular flexibility index (Phi) is 8.08. The first-order valence-electron chi connectivity index (χ1n) is 5.14. The van der Waals surface area contributed by atoms with E-state index in [0.29, 0.717) is 0 Å². The van der Waals surface area contributed by atoms with Crippen molar-refractivity contribution >= 4 is 0 Å². The van der Waals surface area contributed by atoms with Crippen LogP contribution in [0.25, 0.3) is 0 Å². The molecule has 4 heteroatoms. The van der Waals surface area contributed by atoms with E-state index in [-0.39, 0.29) is 31.7 Å². The van der Waals surface area contributed by atoms with Crippen molar-refractivity contribution in [2.75, 3.05) is 13.2 Å². The van der Waals surface area contributed by atoms with Gasteiger partial charge in [-0.3, -0.25) is 0 Å². The van der Waals surface area contributed by atoms with Gasteiger partial charge >= 0.3 is 0 Å². The van der Waals surface area contributed by atoms with Crippen molar-refractivity contribution in [2.45, 2.75) is 52.1 Å². The molecular formula is C10H22O4. The summed E-state index contributed by atoms with van der Waals surface area (Å²) in [6.07, 6.45) is 1.97. The SMILES string of the molecule is CC1OC(C)C(C)O1.OCCCCO. The van der Waals surface area contributed by atoms with E-state index in [2.05, 4.69) is 0 Å². The Bertz CT molecular complexity index is 115. The number of ether oxygens (including phenoxy) is 2. The van der Waals surface area contributed by atoms with Crippen molar-refractivity contribution in [3.63, 3.8) is 0 Å². The van der Waals surface area contributed by atoms with Crippen LogP contribution in [0.4, 0.5) is 0 Å². The van der Waals surface area contributed by atoms with E-state index in [1.54, 1.807) is 0 Å². The van der Waals surface area contributed by atoms with Crippen LogP contribution < -0.4 is 0 Å². The summed E-state index contributed by atoms with van der Waals surface area (Å²) in [5.41, 5.74) is 0. The van der Waals surface area contributed by atoms with Crippen LogP contribution in [0.2, 0.25) is 0 Å². The normalized spacial score (nSPS) is 31.1. The molecular weight excluding hydrogens is 184 g/mol. The van der Waals surface area contributed by atoms with Gasteiger partial charge in [-0.2, -0.15) is 0 Å². The van der Waals surface area contributed by atoms with Gasteiger partial charge in [0, 0.05) is 13.2 Å². The van der Waals surface area contributed by atoms with Gasteiger partial charge in [0.25, 0.3) is 0 Å². The van der Waals surface area contributed by atoms with Crippen LogP contribution in [0, 0.1) is 0 Å². The number of aliphatic hydroxyl groups excluding tert-OH is 2. The second-order valence-electron chi connectivity index (χ2n) is 3.40. The van der Waals surface area contributed by atoms with Crippen molar-refractivity contribution in [3.8, 4) is 0 Å². The van der Waals surface area contributed by atoms with E-state index in [9.17, 15) is 0 Å². The van der Waals surface area contributed by atoms with Crippen molar-refractivity contribution < 1.29 is 19.7 Å². The summed E-state index contributed by atoms with van der Waals surface area (Å²) in [6, 6.07) is 0. The number of hydrogen-bond donors (Lipinski definition) is 2. The average molecular weight is 206 g/mol. The first-order valence-corrected chi connectivity index (χ1v) is 5.14. The highest BCUT2D eigenvalue weighted by molar-refractivity contribution is 4.66. The van der Waals surface area contributed by atoms with Crippen molar-refractivity contribution in [1.29, 1.82) is 0 Å². The van der Waals surface area contributed by atoms with Crippen LogP contribution in [-0.2, 0) is 9.47 Å². The number of unbranched alkanes of at least 4 members (excludes halogenated alkanes) is 1. The van der Waals surface area contributed by atoms with Gasteiger partial charge in [0.1, 0.15) is 0 Å². The molecule has 1 saturated heterocycles. The fourth-order valence-corrected chi connectivity index (χ4v) is 1.08. The zero-order valence-electron chi connectivity index (χ0n) is 9.27. The Labute approximate surface area is 85.8 Å². The van der Waals surface area contributed by atoms with Gasteiger partial charge in [-0.15, -0.1) is 0 Å². The van der Waals surface area contributed by atoms with Crippen LogP contribution in [0.3, 0.4) is 0 Å². The monoisotopic (exact) mass is 206 g/mol. The van der Waals surface area contributed by atoms with Gasteiger partial charge in [0.15, 0.2) is 6.29 Å². The summed E-state index contributed by atoms with van der Waals surface area (Å²) >= 11 is 0. The summed E-state index contributed by atoms with van der Waals surface area (Å²) < 4.78 is 10.5. The second kappa shape index (κ2) is 8.17. The third-order valence-corrected chi connectivity index (χ3v) is 2.04. The number of rotatable bonds is 3. The Morgan fingerprint density at radius 1 is 0.857 bits per heavy atom. The van der Waals surface area contributed by atoms with Crippen LogP contribution >= 0.6 is 0 Å². The van der Waals surface area contributed by atoms with E-state index >= 15 is 0 Å². The predicted octanol–water partition coefficient (Wildman–Crippen LogP) is 0.907. The van der Waals surface area contributed by atoms with E-state index in [4.69, 9.17) is 19.7 Å². The molecule has 1 aliphatic rings. The topological polar surface area (TPSA) is 58.9 Å². The maximum absolute atomic E-state index is 8.09. The Morgan fingerprint density at radius 2 is 1.21 bits per heavy atom. The Morgan fingerprint density at radius 3 is 1.36 bits per heavy atom. The van der Waals surface area contributed by atoms with Crippen LogP contribution in [0.15, 0.2) is 0 Å². The molecule has 2 atom stereocenters. The number of hydrogen-bond acceptors (Lipinski definition) is 4. The molecule has 1 heterocycles. The maximum Gasteiger partial charge on any atom is 0.155 e. The molecule has 86 valence electrons. The third kappa shape index (κ3) is 6.32. The van der Waals surface area contributed by atoms with Crippen LogP contribution in [-0.4, -0.2) is 41.9 Å². The fourth-order valence-electron chi connectivity index (χ4n) is 1.08. The Balaban J connectivity index is 0.000000255. The fraction of sp³-hybridized carbons (Fsp3) is 1.00. The zero-order valence-corrected chi connectivity index (χ0v) is 9.27. The lowest BCUT2D eigenvalue weighted by Crippen LogP contribution is -2.13. The summed E-state index contributed by atoms with van der Waals surface area (Å²) in [5, 5.41) is 16.2. The van der Waals surface area contributed by atoms with Crippen molar-refractivity contribution in [2.24, 2.45) is 0 Å². The molecule has 0 spiro atoms. The largest absolute Gasteiger partial charge is 0.396 e. The molecule has 4 nitrogen and oxygen atoms in total. The highest BCUT2D eigenvalue weighted by Gasteiger charge is 2.25. The molecule has 1 fully saturated rings. The van der Waals surface area contributed by atoms with Gasteiger partial charge in [-0.05, 0) is 33.6 Å². The van der Waals surface area contributed by atoms with E-state index < -0.39 is 0 Å². The van der Waals surface area contributed by atoms with E-state index in [1.165, 1.54) is 0 Å². The zero-order chi connectivity index (χ0) is 11.0. The Hall–Kier alpha value is -0.160. The second-order valence-corrected chi connectivity index (χ2v) is 3.40. The molecule has 0 bridgehead atoms. The van der Waals surface area contributed by atoms with Crippen LogP contribution in [0.5, 0.6) is 0 Å². The van der Waals surface area contributed by atoms with Gasteiger partial charge in [-0.1, -0.05) is 0 Å². The third-order valence-electron chi connectivity index (χ3n) is 2.04. The maximum atomic E-state index is 8.09. The van der Waals surface area contributed by atoms with E-state index in [0.717, 1.165) is 12.8 Å². The highest BCUT2D eigenvalue weighted by atomic mass is 16.7. The van der Waals surface area contributed by atoms with Crippen molar-refractivity contribution in [3.05, 3.63) is 0 Å². The van der Waals surface area contributed by atoms with E-state index in [1.807, 2.05) is 20.8 Å². The molecule has 0 aromatic heterocycles. The smallest absolute Gasteiger partial charge is 0.155 e. The summed E-state index contributed by atoms with van der Waals surface area (Å²) in [7, 11) is 0. The lowest BCUT2D eigenvalue weighted by molar-refractivity contribution is -0.0470. The highest BCUT2D eigenvalue weighted by Crippen LogP contribution is 2.16. The number of aliphatic hydroxyl groups is 2. The lowest BCUT2D eigenvalue weighted by Gasteiger charge is -2.02. The van der Waals surface area contributed by atoms with Gasteiger partial charge < -0.3 is 19.7 Å². The van der Waals surface area contributed by atoms with Gasteiger partial charge in [0.05, 0.1) is 12.2 Å². The quantitative estimate of drug-likeness (QED) is 0.674. The van der Waals surface area contributed by atoms with Gasteiger partial charge in [0.2, 0.25) is 0 Å². The lowest BCUT2D eigenvalue weighted by atomic mass is 10.3. The minimum Gasteiger partial charge on any atom is -0.396 e. The average Bonchev–Trinajstić information content (AvgIpc) is 2.42. The molecule has 0 aliphatic carbocycles. The molecule has 2 N–H and O–H groups in total. The molecule has 0 amide bonds.